The molecule has 0 aromatic heterocycles. The van der Waals surface area contributed by atoms with E-state index in [0.29, 0.717) is 5.56 Å². The summed E-state index contributed by atoms with van der Waals surface area (Å²) in [5.74, 6) is -1.21. The molecule has 0 amide bonds. The molecular weight excluding hydrogens is 233 g/mol. The van der Waals surface area contributed by atoms with E-state index >= 15 is 0 Å². The Labute approximate surface area is 112 Å². The third-order valence-corrected chi connectivity index (χ3v) is 1.95. The van der Waals surface area contributed by atoms with Gasteiger partial charge in [0.2, 0.25) is 0 Å². The third-order valence-electron chi connectivity index (χ3n) is 1.64. The Hall–Kier alpha value is -0.620. The van der Waals surface area contributed by atoms with Gasteiger partial charge in [-0.05, 0) is 11.6 Å². The number of hydrogen-bond acceptors (Lipinski definition) is 3. The van der Waals surface area contributed by atoms with Crippen molar-refractivity contribution in [2.24, 2.45) is 0 Å². The summed E-state index contributed by atoms with van der Waals surface area (Å²) in [6.45, 7) is 0. The minimum absolute atomic E-state index is 0. The number of carbonyl (C=O) groups is 1. The number of rotatable bonds is 3. The van der Waals surface area contributed by atoms with E-state index in [9.17, 15) is 14.9 Å². The van der Waals surface area contributed by atoms with Gasteiger partial charge >= 0.3 is 35.5 Å². The first-order chi connectivity index (χ1) is 6.56. The molecule has 0 fully saturated rings. The van der Waals surface area contributed by atoms with E-state index < -0.39 is 16.6 Å². The number of alkyl halides is 1. The number of nitro benzene ring substituents is 1. The molecule has 76 valence electrons. The van der Waals surface area contributed by atoms with Crippen molar-refractivity contribution in [1.82, 2.24) is 0 Å². The van der Waals surface area contributed by atoms with Gasteiger partial charge in [0.05, 0.1) is 4.92 Å². The predicted molar refractivity (Wildman–Crippen MR) is 56.8 cm³/mol. The molecule has 0 heterocycles. The van der Waals surface area contributed by atoms with Gasteiger partial charge in [-0.25, -0.2) is 4.79 Å². The van der Waals surface area contributed by atoms with Crippen molar-refractivity contribution < 1.29 is 14.8 Å². The van der Waals surface area contributed by atoms with Crippen LogP contribution in [0.15, 0.2) is 18.2 Å². The molecule has 5 nitrogen and oxygen atoms in total. The van der Waals surface area contributed by atoms with Crippen molar-refractivity contribution in [3.8, 4) is 0 Å². The van der Waals surface area contributed by atoms with E-state index in [1.807, 2.05) is 0 Å². The van der Waals surface area contributed by atoms with E-state index in [2.05, 4.69) is 0 Å². The fraction of sp³-hybridized carbons (Fsp3) is 0.125. The van der Waals surface area contributed by atoms with Crippen LogP contribution >= 0.6 is 11.6 Å². The van der Waals surface area contributed by atoms with Gasteiger partial charge in [0.25, 0.3) is 5.69 Å². The second-order valence-electron chi connectivity index (χ2n) is 2.55. The van der Waals surface area contributed by atoms with Crippen molar-refractivity contribution in [3.05, 3.63) is 39.4 Å². The second-order valence-corrected chi connectivity index (χ2v) is 2.81. The summed E-state index contributed by atoms with van der Waals surface area (Å²) in [5, 5.41) is 19.1. The number of nitro groups is 1. The molecule has 0 unspecified atom stereocenters. The molecule has 1 aromatic carbocycles. The van der Waals surface area contributed by atoms with Crippen LogP contribution in [0, 0.1) is 10.1 Å². The van der Waals surface area contributed by atoms with Crippen LogP contribution in [0.1, 0.15) is 15.9 Å². The van der Waals surface area contributed by atoms with E-state index in [1.54, 1.807) is 0 Å². The number of carboxylic acids is 1. The molecule has 7 heteroatoms. The van der Waals surface area contributed by atoms with Gasteiger partial charge in [-0.1, -0.05) is 6.07 Å². The third kappa shape index (κ3) is 3.46. The fourth-order valence-corrected chi connectivity index (χ4v) is 1.16. The van der Waals surface area contributed by atoms with Crippen LogP contribution in [0.3, 0.4) is 0 Å². The van der Waals surface area contributed by atoms with Gasteiger partial charge in [0.1, 0.15) is 5.56 Å². The molecule has 15 heavy (non-hydrogen) atoms. The van der Waals surface area contributed by atoms with Gasteiger partial charge in [-0.15, -0.1) is 11.6 Å². The van der Waals surface area contributed by atoms with Crippen LogP contribution in [-0.4, -0.2) is 45.6 Å². The number of aromatic carboxylic acids is 1. The summed E-state index contributed by atoms with van der Waals surface area (Å²) in [6, 6.07) is 3.77. The Morgan fingerprint density at radius 1 is 1.53 bits per heavy atom. The summed E-state index contributed by atoms with van der Waals surface area (Å²) in [6.07, 6.45) is 0. The summed E-state index contributed by atoms with van der Waals surface area (Å²) >= 11 is 5.47. The first-order valence-corrected chi connectivity index (χ1v) is 4.16. The predicted octanol–water partition coefficient (Wildman–Crippen LogP) is 1.38. The molecule has 0 spiro atoms. The topological polar surface area (TPSA) is 80.4 Å². The standard InChI is InChI=1S/C8H6ClNO4.Na.H/c9-4-5-1-2-7(10(13)14)6(3-5)8(11)12;;/h1-3H,4H2,(H,11,12);;. The Balaban J connectivity index is 0.00000196. The summed E-state index contributed by atoms with van der Waals surface area (Å²) < 4.78 is 0. The van der Waals surface area contributed by atoms with Crippen LogP contribution in [-0.2, 0) is 5.88 Å². The van der Waals surface area contributed by atoms with Gasteiger partial charge < -0.3 is 5.11 Å². The van der Waals surface area contributed by atoms with Crippen LogP contribution in [0.25, 0.3) is 0 Å². The molecule has 0 saturated heterocycles. The zero-order valence-electron chi connectivity index (χ0n) is 6.94. The van der Waals surface area contributed by atoms with E-state index in [-0.39, 0.29) is 41.0 Å². The Bertz CT molecular complexity index is 396. The summed E-state index contributed by atoms with van der Waals surface area (Å²) in [7, 11) is 0. The molecule has 0 aliphatic carbocycles. The Morgan fingerprint density at radius 3 is 2.53 bits per heavy atom. The zero-order valence-corrected chi connectivity index (χ0v) is 7.69. The van der Waals surface area contributed by atoms with Crippen molar-refractivity contribution >= 4 is 52.8 Å². The van der Waals surface area contributed by atoms with Crippen molar-refractivity contribution in [2.75, 3.05) is 0 Å². The molecule has 0 atom stereocenters. The SMILES string of the molecule is O=C(O)c1cc(CCl)ccc1[N+](=O)[O-].[NaH]. The van der Waals surface area contributed by atoms with Crippen molar-refractivity contribution in [2.45, 2.75) is 5.88 Å². The maximum atomic E-state index is 10.6. The van der Waals surface area contributed by atoms with E-state index in [0.717, 1.165) is 6.07 Å². The van der Waals surface area contributed by atoms with E-state index in [4.69, 9.17) is 16.7 Å². The van der Waals surface area contributed by atoms with Gasteiger partial charge in [0.15, 0.2) is 0 Å². The zero-order chi connectivity index (χ0) is 10.7. The molecule has 1 N–H and O–H groups in total. The monoisotopic (exact) mass is 239 g/mol. The van der Waals surface area contributed by atoms with Crippen LogP contribution in [0.2, 0.25) is 0 Å². The minimum atomic E-state index is -1.33. The first kappa shape index (κ1) is 14.4. The molecule has 0 aliphatic heterocycles. The first-order valence-electron chi connectivity index (χ1n) is 3.63. The molecule has 0 aliphatic rings. The van der Waals surface area contributed by atoms with Gasteiger partial charge in [0, 0.05) is 11.9 Å². The van der Waals surface area contributed by atoms with Crippen LogP contribution in [0.4, 0.5) is 5.69 Å². The maximum absolute atomic E-state index is 10.6. The number of benzene rings is 1. The average Bonchev–Trinajstić information content (AvgIpc) is 2.16. The molecule has 0 bridgehead atoms. The Morgan fingerprint density at radius 2 is 2.13 bits per heavy atom. The number of hydrogen-bond donors (Lipinski definition) is 1. The van der Waals surface area contributed by atoms with Crippen LogP contribution < -0.4 is 0 Å². The van der Waals surface area contributed by atoms with Crippen LogP contribution in [0.5, 0.6) is 0 Å². The Kier molecular flexibility index (Phi) is 5.82. The quantitative estimate of drug-likeness (QED) is 0.374. The summed E-state index contributed by atoms with van der Waals surface area (Å²) in [4.78, 5) is 20.3. The normalized spacial score (nSPS) is 9.13. The number of carboxylic acid groups (broad SMARTS) is 1. The average molecular weight is 240 g/mol. The fourth-order valence-electron chi connectivity index (χ4n) is 0.997. The van der Waals surface area contributed by atoms with Gasteiger partial charge in [-0.3, -0.25) is 10.1 Å². The molecule has 0 saturated carbocycles. The number of halogens is 1. The molecule has 1 aromatic rings. The molecule has 0 radical (unpaired) electrons. The van der Waals surface area contributed by atoms with E-state index in [1.165, 1.54) is 12.1 Å². The number of nitrogens with zero attached hydrogens (tertiary/aromatic N) is 1. The second kappa shape index (κ2) is 6.07. The van der Waals surface area contributed by atoms with Crippen molar-refractivity contribution in [3.63, 3.8) is 0 Å². The molecule has 1 rings (SSSR count). The summed E-state index contributed by atoms with van der Waals surface area (Å²) in [5.41, 5.74) is -0.228. The molecular formula is C8H7ClNNaO4. The van der Waals surface area contributed by atoms with Crippen molar-refractivity contribution in [1.29, 1.82) is 0 Å². The van der Waals surface area contributed by atoms with Gasteiger partial charge in [-0.2, -0.15) is 0 Å².